The second kappa shape index (κ2) is 8.14. The minimum Gasteiger partial charge on any atom is -0.365 e. The molecule has 0 saturated carbocycles. The van der Waals surface area contributed by atoms with Gasteiger partial charge in [-0.25, -0.2) is 0 Å². The number of carbonyl (C=O) groups excluding carboxylic acids is 1. The van der Waals surface area contributed by atoms with Crippen LogP contribution in [0.4, 0.5) is 0 Å². The molecule has 0 aliphatic rings. The fraction of sp³-hybridized carbons (Fsp3) is 0.643. The van der Waals surface area contributed by atoms with Gasteiger partial charge in [-0.15, -0.1) is 0 Å². The lowest BCUT2D eigenvalue weighted by Gasteiger charge is -2.17. The number of Topliss-reactive ketones (excluding diaryl/α,β-unsaturated/α-hetero) is 1. The van der Waals surface area contributed by atoms with Crippen molar-refractivity contribution in [2.75, 3.05) is 0 Å². The van der Waals surface area contributed by atoms with Crippen LogP contribution in [0, 0.1) is 5.92 Å². The highest BCUT2D eigenvalue weighted by Crippen LogP contribution is 2.18. The van der Waals surface area contributed by atoms with Crippen molar-refractivity contribution in [3.05, 3.63) is 24.0 Å². The molecule has 0 radical (unpaired) electrons. The van der Waals surface area contributed by atoms with Gasteiger partial charge in [-0.05, 0) is 32.6 Å². The maximum absolute atomic E-state index is 11.0. The van der Waals surface area contributed by atoms with Crippen LogP contribution in [-0.2, 0) is 4.79 Å². The summed E-state index contributed by atoms with van der Waals surface area (Å²) in [5.41, 5.74) is 1.77. The summed E-state index contributed by atoms with van der Waals surface area (Å²) in [6, 6.07) is 0. The molecule has 0 aliphatic carbocycles. The number of hydrogen-bond donors (Lipinski definition) is 1. The Balaban J connectivity index is 4.21. The molecule has 0 fully saturated rings. The third-order valence-electron chi connectivity index (χ3n) is 2.92. The number of hydrogen-bond acceptors (Lipinski definition) is 2. The average Bonchev–Trinajstić information content (AvgIpc) is 2.26. The lowest BCUT2D eigenvalue weighted by atomic mass is 9.96. The molecule has 0 spiro atoms. The molecule has 1 unspecified atom stereocenters. The summed E-state index contributed by atoms with van der Waals surface area (Å²) in [7, 11) is 0. The molecule has 1 atom stereocenters. The van der Waals surface area contributed by atoms with Gasteiger partial charge in [0, 0.05) is 17.5 Å². The summed E-state index contributed by atoms with van der Waals surface area (Å²) in [4.78, 5) is 11.0. The van der Waals surface area contributed by atoms with Crippen LogP contribution in [0.5, 0.6) is 0 Å². The van der Waals surface area contributed by atoms with Gasteiger partial charge in [0.2, 0.25) is 0 Å². The maximum atomic E-state index is 11.0. The number of ketones is 1. The molecular weight excluding hydrogens is 198 g/mol. The molecule has 0 aromatic heterocycles. The maximum Gasteiger partial charge on any atom is 0.156 e. The summed E-state index contributed by atoms with van der Waals surface area (Å²) < 4.78 is 0. The van der Waals surface area contributed by atoms with Crippen molar-refractivity contribution in [1.82, 2.24) is 5.32 Å². The predicted molar refractivity (Wildman–Crippen MR) is 70.0 cm³/mol. The molecule has 2 nitrogen and oxygen atoms in total. The summed E-state index contributed by atoms with van der Waals surface area (Å²) in [6.07, 6.45) is 6.48. The lowest BCUT2D eigenvalue weighted by Crippen LogP contribution is -2.15. The smallest absolute Gasteiger partial charge is 0.156 e. The van der Waals surface area contributed by atoms with E-state index in [1.807, 2.05) is 6.92 Å². The number of allylic oxidation sites excluding steroid dienone is 2. The quantitative estimate of drug-likeness (QED) is 0.634. The minimum atomic E-state index is 0.0990. The topological polar surface area (TPSA) is 29.1 Å². The molecule has 0 amide bonds. The van der Waals surface area contributed by atoms with Crippen LogP contribution in [0.15, 0.2) is 24.0 Å². The van der Waals surface area contributed by atoms with E-state index in [-0.39, 0.29) is 5.78 Å². The van der Waals surface area contributed by atoms with Gasteiger partial charge in [0.1, 0.15) is 0 Å². The van der Waals surface area contributed by atoms with E-state index in [4.69, 9.17) is 0 Å². The zero-order valence-corrected chi connectivity index (χ0v) is 11.1. The second-order valence-electron chi connectivity index (χ2n) is 4.30. The predicted octanol–water partition coefficient (Wildman–Crippen LogP) is 3.80. The van der Waals surface area contributed by atoms with Crippen LogP contribution in [0.1, 0.15) is 53.4 Å². The first kappa shape index (κ1) is 14.9. The van der Waals surface area contributed by atoms with Crippen LogP contribution >= 0.6 is 0 Å². The van der Waals surface area contributed by atoms with Crippen LogP contribution in [0.25, 0.3) is 0 Å². The Morgan fingerprint density at radius 2 is 2.00 bits per heavy atom. The van der Waals surface area contributed by atoms with Crippen molar-refractivity contribution in [2.24, 2.45) is 5.92 Å². The van der Waals surface area contributed by atoms with Gasteiger partial charge >= 0.3 is 0 Å². The van der Waals surface area contributed by atoms with Gasteiger partial charge in [-0.1, -0.05) is 33.3 Å². The van der Waals surface area contributed by atoms with E-state index >= 15 is 0 Å². The Labute approximate surface area is 99.8 Å². The first-order valence-corrected chi connectivity index (χ1v) is 6.15. The first-order chi connectivity index (χ1) is 7.52. The molecule has 0 aromatic rings. The molecule has 92 valence electrons. The standard InChI is InChI=1S/C14H25NO/c1-6-8-9-14(7-2)12(4)15-10-11(3)13(5)16/h10,14-15H,4,6-9H2,1-3,5H3/b11-10+. The van der Waals surface area contributed by atoms with Gasteiger partial charge in [0.25, 0.3) is 0 Å². The van der Waals surface area contributed by atoms with E-state index in [0.29, 0.717) is 5.92 Å². The Morgan fingerprint density at radius 3 is 2.44 bits per heavy atom. The van der Waals surface area contributed by atoms with Crippen molar-refractivity contribution in [1.29, 1.82) is 0 Å². The summed E-state index contributed by atoms with van der Waals surface area (Å²) in [5.74, 6) is 0.609. The Hall–Kier alpha value is -1.05. The molecule has 0 aromatic carbocycles. The normalized spacial score (nSPS) is 13.4. The molecule has 2 heteroatoms. The van der Waals surface area contributed by atoms with Crippen molar-refractivity contribution >= 4 is 5.78 Å². The van der Waals surface area contributed by atoms with E-state index in [0.717, 1.165) is 17.7 Å². The van der Waals surface area contributed by atoms with Crippen LogP contribution < -0.4 is 5.32 Å². The summed E-state index contributed by atoms with van der Waals surface area (Å²) in [5, 5.41) is 3.15. The molecule has 0 heterocycles. The Bertz CT molecular complexity index is 266. The highest BCUT2D eigenvalue weighted by Gasteiger charge is 2.08. The fourth-order valence-corrected chi connectivity index (χ4v) is 1.50. The van der Waals surface area contributed by atoms with Crippen molar-refractivity contribution in [3.8, 4) is 0 Å². The molecule has 0 saturated heterocycles. The molecule has 0 rings (SSSR count). The van der Waals surface area contributed by atoms with Gasteiger partial charge in [0.15, 0.2) is 5.78 Å². The minimum absolute atomic E-state index is 0.0990. The zero-order valence-electron chi connectivity index (χ0n) is 11.1. The Morgan fingerprint density at radius 1 is 1.38 bits per heavy atom. The Kier molecular flexibility index (Phi) is 7.61. The van der Waals surface area contributed by atoms with Gasteiger partial charge in [-0.3, -0.25) is 4.79 Å². The summed E-state index contributed by atoms with van der Waals surface area (Å²) >= 11 is 0. The van der Waals surface area contributed by atoms with Crippen molar-refractivity contribution in [2.45, 2.75) is 53.4 Å². The first-order valence-electron chi connectivity index (χ1n) is 6.15. The average molecular weight is 223 g/mol. The number of rotatable bonds is 8. The number of carbonyl (C=O) groups is 1. The van der Waals surface area contributed by atoms with E-state index < -0.39 is 0 Å². The monoisotopic (exact) mass is 223 g/mol. The third-order valence-corrected chi connectivity index (χ3v) is 2.92. The SMILES string of the molecule is C=C(N/C=C(\C)C(C)=O)C(CC)CCCC. The van der Waals surface area contributed by atoms with Crippen LogP contribution in [0.3, 0.4) is 0 Å². The second-order valence-corrected chi connectivity index (χ2v) is 4.30. The summed E-state index contributed by atoms with van der Waals surface area (Å²) in [6.45, 7) is 11.8. The fourth-order valence-electron chi connectivity index (χ4n) is 1.50. The van der Waals surface area contributed by atoms with Crippen molar-refractivity contribution < 1.29 is 4.79 Å². The van der Waals surface area contributed by atoms with E-state index in [9.17, 15) is 4.79 Å². The van der Waals surface area contributed by atoms with E-state index in [2.05, 4.69) is 25.7 Å². The highest BCUT2D eigenvalue weighted by molar-refractivity contribution is 5.92. The van der Waals surface area contributed by atoms with Gasteiger partial charge in [0.05, 0.1) is 0 Å². The molecule has 16 heavy (non-hydrogen) atoms. The van der Waals surface area contributed by atoms with Crippen molar-refractivity contribution in [3.63, 3.8) is 0 Å². The number of unbranched alkanes of at least 4 members (excludes halogenated alkanes) is 1. The largest absolute Gasteiger partial charge is 0.365 e. The highest BCUT2D eigenvalue weighted by atomic mass is 16.1. The van der Waals surface area contributed by atoms with E-state index in [1.165, 1.54) is 19.3 Å². The molecule has 0 aliphatic heterocycles. The molecular formula is C14H25NO. The van der Waals surface area contributed by atoms with Gasteiger partial charge in [-0.2, -0.15) is 0 Å². The lowest BCUT2D eigenvalue weighted by molar-refractivity contribution is -0.113. The molecule has 1 N–H and O–H groups in total. The molecule has 0 bridgehead atoms. The zero-order chi connectivity index (χ0) is 12.6. The van der Waals surface area contributed by atoms with Gasteiger partial charge < -0.3 is 5.32 Å². The van der Waals surface area contributed by atoms with Crippen LogP contribution in [-0.4, -0.2) is 5.78 Å². The van der Waals surface area contributed by atoms with Crippen LogP contribution in [0.2, 0.25) is 0 Å². The third kappa shape index (κ3) is 5.74. The number of nitrogens with one attached hydrogen (secondary N) is 1. The van der Waals surface area contributed by atoms with E-state index in [1.54, 1.807) is 13.1 Å².